The number of ether oxygens (including phenoxy) is 2. The Morgan fingerprint density at radius 1 is 1.00 bits per heavy atom. The van der Waals surface area contributed by atoms with Crippen molar-refractivity contribution in [2.24, 2.45) is 5.92 Å². The molecule has 0 spiro atoms. The highest BCUT2D eigenvalue weighted by molar-refractivity contribution is 8.00. The van der Waals surface area contributed by atoms with Crippen molar-refractivity contribution in [2.75, 3.05) is 32.1 Å². The normalized spacial score (nSPS) is 49.0. The SMILES string of the molecule is C1COC(C2(N3CCC3)SCCC2C2CCO2)C1. The van der Waals surface area contributed by atoms with Crippen LogP contribution in [-0.2, 0) is 9.47 Å². The summed E-state index contributed by atoms with van der Waals surface area (Å²) in [5.41, 5.74) is 0. The Bertz CT molecular complexity index is 313. The molecule has 102 valence electrons. The Labute approximate surface area is 114 Å². The van der Waals surface area contributed by atoms with Crippen LogP contribution in [0.1, 0.15) is 32.1 Å². The molecule has 18 heavy (non-hydrogen) atoms. The van der Waals surface area contributed by atoms with Crippen LogP contribution in [0.25, 0.3) is 0 Å². The molecule has 4 atom stereocenters. The minimum atomic E-state index is 0.264. The molecular formula is C14H23NO2S. The lowest BCUT2D eigenvalue weighted by atomic mass is 9.81. The highest BCUT2D eigenvalue weighted by atomic mass is 32.2. The molecule has 4 unspecified atom stereocenters. The van der Waals surface area contributed by atoms with Gasteiger partial charge < -0.3 is 9.47 Å². The number of likely N-dealkylation sites (tertiary alicyclic amines) is 1. The largest absolute Gasteiger partial charge is 0.378 e. The predicted octanol–water partition coefficient (Wildman–Crippen LogP) is 2.11. The molecule has 0 aromatic carbocycles. The van der Waals surface area contributed by atoms with Crippen LogP contribution in [0.4, 0.5) is 0 Å². The lowest BCUT2D eigenvalue weighted by Crippen LogP contribution is -2.64. The van der Waals surface area contributed by atoms with E-state index in [1.807, 2.05) is 0 Å². The van der Waals surface area contributed by atoms with Crippen molar-refractivity contribution in [1.82, 2.24) is 4.90 Å². The third kappa shape index (κ3) is 1.62. The van der Waals surface area contributed by atoms with Crippen molar-refractivity contribution < 1.29 is 9.47 Å². The van der Waals surface area contributed by atoms with Crippen molar-refractivity contribution in [3.63, 3.8) is 0 Å². The van der Waals surface area contributed by atoms with Crippen molar-refractivity contribution in [3.05, 3.63) is 0 Å². The van der Waals surface area contributed by atoms with Gasteiger partial charge in [-0.25, -0.2) is 0 Å². The molecule has 0 aliphatic carbocycles. The lowest BCUT2D eigenvalue weighted by Gasteiger charge is -2.54. The molecule has 4 rings (SSSR count). The second kappa shape index (κ2) is 4.65. The highest BCUT2D eigenvalue weighted by Crippen LogP contribution is 2.55. The average Bonchev–Trinajstić information content (AvgIpc) is 2.82. The Morgan fingerprint density at radius 3 is 2.44 bits per heavy atom. The number of hydrogen-bond acceptors (Lipinski definition) is 4. The molecule has 0 amide bonds. The zero-order chi connectivity index (χ0) is 12.0. The van der Waals surface area contributed by atoms with E-state index in [9.17, 15) is 0 Å². The monoisotopic (exact) mass is 269 g/mol. The Balaban J connectivity index is 1.63. The van der Waals surface area contributed by atoms with Crippen LogP contribution in [0.3, 0.4) is 0 Å². The summed E-state index contributed by atoms with van der Waals surface area (Å²) in [4.78, 5) is 2.98. The zero-order valence-corrected chi connectivity index (χ0v) is 11.8. The molecule has 4 heterocycles. The molecule has 0 N–H and O–H groups in total. The fraction of sp³-hybridized carbons (Fsp3) is 1.00. The topological polar surface area (TPSA) is 21.7 Å². The standard InChI is InChI=1S/C14H23NO2S/c1-3-13(17-8-1)14(15-6-2-7-15)11(5-10-18-14)12-4-9-16-12/h11-13H,1-10H2. The molecular weight excluding hydrogens is 246 g/mol. The van der Waals surface area contributed by atoms with Gasteiger partial charge in [-0.15, -0.1) is 11.8 Å². The lowest BCUT2D eigenvalue weighted by molar-refractivity contribution is -0.137. The van der Waals surface area contributed by atoms with Gasteiger partial charge in [0, 0.05) is 32.2 Å². The predicted molar refractivity (Wildman–Crippen MR) is 72.8 cm³/mol. The molecule has 0 radical (unpaired) electrons. The van der Waals surface area contributed by atoms with Crippen LogP contribution < -0.4 is 0 Å². The third-order valence-electron chi connectivity index (χ3n) is 5.22. The second-order valence-electron chi connectivity index (χ2n) is 6.04. The maximum Gasteiger partial charge on any atom is 0.0988 e. The fourth-order valence-corrected chi connectivity index (χ4v) is 6.04. The van der Waals surface area contributed by atoms with E-state index < -0.39 is 0 Å². The first kappa shape index (κ1) is 12.0. The van der Waals surface area contributed by atoms with Gasteiger partial charge in [-0.3, -0.25) is 4.90 Å². The molecule has 4 heteroatoms. The van der Waals surface area contributed by atoms with Crippen molar-refractivity contribution >= 4 is 11.8 Å². The van der Waals surface area contributed by atoms with Gasteiger partial charge in [0.15, 0.2) is 0 Å². The summed E-state index contributed by atoms with van der Waals surface area (Å²) in [6, 6.07) is 0. The van der Waals surface area contributed by atoms with Gasteiger partial charge in [-0.05, 0) is 37.9 Å². The molecule has 0 bridgehead atoms. The number of rotatable bonds is 3. The van der Waals surface area contributed by atoms with Gasteiger partial charge >= 0.3 is 0 Å². The minimum Gasteiger partial charge on any atom is -0.378 e. The summed E-state index contributed by atoms with van der Waals surface area (Å²) < 4.78 is 12.0. The van der Waals surface area contributed by atoms with E-state index in [1.54, 1.807) is 0 Å². The van der Waals surface area contributed by atoms with Crippen LogP contribution in [0, 0.1) is 5.92 Å². The third-order valence-corrected chi connectivity index (χ3v) is 6.94. The van der Waals surface area contributed by atoms with Gasteiger partial charge in [0.25, 0.3) is 0 Å². The van der Waals surface area contributed by atoms with Crippen LogP contribution in [0.5, 0.6) is 0 Å². The summed E-state index contributed by atoms with van der Waals surface area (Å²) in [7, 11) is 0. The Kier molecular flexibility index (Phi) is 3.10. The van der Waals surface area contributed by atoms with Crippen molar-refractivity contribution in [2.45, 2.75) is 49.2 Å². The first-order valence-electron chi connectivity index (χ1n) is 7.53. The van der Waals surface area contributed by atoms with Gasteiger partial charge in [-0.2, -0.15) is 0 Å². The molecule has 4 saturated heterocycles. The van der Waals surface area contributed by atoms with Gasteiger partial charge in [-0.1, -0.05) is 0 Å². The summed E-state index contributed by atoms with van der Waals surface area (Å²) in [6.07, 6.45) is 7.45. The summed E-state index contributed by atoms with van der Waals surface area (Å²) >= 11 is 2.18. The van der Waals surface area contributed by atoms with Gasteiger partial charge in [0.2, 0.25) is 0 Å². The highest BCUT2D eigenvalue weighted by Gasteiger charge is 2.59. The maximum absolute atomic E-state index is 6.13. The van der Waals surface area contributed by atoms with Crippen molar-refractivity contribution in [3.8, 4) is 0 Å². The van der Waals surface area contributed by atoms with Crippen LogP contribution in [-0.4, -0.2) is 54.0 Å². The van der Waals surface area contributed by atoms with E-state index in [0.717, 1.165) is 13.2 Å². The second-order valence-corrected chi connectivity index (χ2v) is 7.39. The average molecular weight is 269 g/mol. The Hall–Kier alpha value is 0.230. The van der Waals surface area contributed by atoms with E-state index >= 15 is 0 Å². The molecule has 4 aliphatic rings. The quantitative estimate of drug-likeness (QED) is 0.782. The van der Waals surface area contributed by atoms with E-state index in [4.69, 9.17) is 9.47 Å². The first-order valence-corrected chi connectivity index (χ1v) is 8.52. The minimum absolute atomic E-state index is 0.264. The van der Waals surface area contributed by atoms with Gasteiger partial charge in [0.05, 0.1) is 17.1 Å². The zero-order valence-electron chi connectivity index (χ0n) is 11.0. The Morgan fingerprint density at radius 2 is 1.89 bits per heavy atom. The van der Waals surface area contributed by atoms with Gasteiger partial charge in [0.1, 0.15) is 0 Å². The van der Waals surface area contributed by atoms with Crippen LogP contribution in [0.2, 0.25) is 0 Å². The summed E-state index contributed by atoms with van der Waals surface area (Å²) in [5, 5.41) is 0. The van der Waals surface area contributed by atoms with Crippen LogP contribution in [0.15, 0.2) is 0 Å². The maximum atomic E-state index is 6.13. The van der Waals surface area contributed by atoms with E-state index in [-0.39, 0.29) is 4.87 Å². The number of nitrogens with zero attached hydrogens (tertiary/aromatic N) is 1. The summed E-state index contributed by atoms with van der Waals surface area (Å²) in [5.74, 6) is 2.00. The molecule has 3 nitrogen and oxygen atoms in total. The fourth-order valence-electron chi connectivity index (χ4n) is 4.12. The molecule has 0 aromatic heterocycles. The molecule has 4 aliphatic heterocycles. The number of hydrogen-bond donors (Lipinski definition) is 0. The molecule has 4 fully saturated rings. The smallest absolute Gasteiger partial charge is 0.0988 e. The van der Waals surface area contributed by atoms with E-state index in [2.05, 4.69) is 16.7 Å². The van der Waals surface area contributed by atoms with Crippen molar-refractivity contribution in [1.29, 1.82) is 0 Å². The molecule has 0 aromatic rings. The first-order chi connectivity index (χ1) is 8.91. The van der Waals surface area contributed by atoms with E-state index in [1.165, 1.54) is 50.9 Å². The molecule has 0 saturated carbocycles. The number of thioether (sulfide) groups is 1. The summed E-state index contributed by atoms with van der Waals surface area (Å²) in [6.45, 7) is 4.50. The van der Waals surface area contributed by atoms with Crippen LogP contribution >= 0.6 is 11.8 Å². The van der Waals surface area contributed by atoms with E-state index in [0.29, 0.717) is 18.1 Å².